The van der Waals surface area contributed by atoms with E-state index in [1.807, 2.05) is 12.1 Å². The van der Waals surface area contributed by atoms with Crippen molar-refractivity contribution < 1.29 is 13.9 Å². The number of para-hydroxylation sites is 1. The van der Waals surface area contributed by atoms with E-state index in [-0.39, 0.29) is 5.69 Å². The molecule has 0 unspecified atom stereocenters. The van der Waals surface area contributed by atoms with Crippen molar-refractivity contribution in [3.8, 4) is 0 Å². The molecule has 24 heavy (non-hydrogen) atoms. The molecule has 2 N–H and O–H groups in total. The Morgan fingerprint density at radius 2 is 2.00 bits per heavy atom. The second-order valence-corrected chi connectivity index (χ2v) is 5.41. The van der Waals surface area contributed by atoms with Gasteiger partial charge in [0.15, 0.2) is 0 Å². The molecule has 1 aromatic heterocycles. The summed E-state index contributed by atoms with van der Waals surface area (Å²) < 4.78 is 18.8. The lowest BCUT2D eigenvalue weighted by Gasteiger charge is -2.27. The van der Waals surface area contributed by atoms with Gasteiger partial charge < -0.3 is 20.3 Å². The first kappa shape index (κ1) is 16.2. The molecule has 0 aliphatic carbocycles. The number of halogens is 1. The van der Waals surface area contributed by atoms with Crippen LogP contribution >= 0.6 is 0 Å². The number of nitrogens with zero attached hydrogens (tertiary/aromatic N) is 2. The number of carbonyl (C=O) groups is 1. The molecule has 7 heteroatoms. The fourth-order valence-electron chi connectivity index (χ4n) is 2.41. The molecule has 6 nitrogen and oxygen atoms in total. The van der Waals surface area contributed by atoms with Crippen LogP contribution in [0.5, 0.6) is 0 Å². The Morgan fingerprint density at radius 3 is 2.71 bits per heavy atom. The minimum absolute atomic E-state index is 0.149. The van der Waals surface area contributed by atoms with E-state index in [0.717, 1.165) is 24.5 Å². The third-order valence-corrected chi connectivity index (χ3v) is 3.72. The standard InChI is InChI=1S/C17H19FN4O2/c18-14-3-1-2-4-15(14)21-17(23)20-12-13-5-6-16(19-11-13)22-7-9-24-10-8-22/h1-6,11H,7-10,12H2,(H2,20,21,23). The van der Waals surface area contributed by atoms with Crippen molar-refractivity contribution in [1.29, 1.82) is 0 Å². The van der Waals surface area contributed by atoms with Crippen LogP contribution in [0.3, 0.4) is 0 Å². The Hall–Kier alpha value is -2.67. The van der Waals surface area contributed by atoms with Gasteiger partial charge in [0, 0.05) is 25.8 Å². The molecule has 0 bridgehead atoms. The zero-order valence-electron chi connectivity index (χ0n) is 13.2. The summed E-state index contributed by atoms with van der Waals surface area (Å²) in [6.45, 7) is 3.39. The van der Waals surface area contributed by atoms with Crippen molar-refractivity contribution in [2.45, 2.75) is 6.54 Å². The molecule has 1 aliphatic rings. The Balaban J connectivity index is 1.51. The van der Waals surface area contributed by atoms with Crippen LogP contribution in [0.2, 0.25) is 0 Å². The largest absolute Gasteiger partial charge is 0.378 e. The smallest absolute Gasteiger partial charge is 0.319 e. The summed E-state index contributed by atoms with van der Waals surface area (Å²) in [4.78, 5) is 18.4. The fraction of sp³-hybridized carbons (Fsp3) is 0.294. The second-order valence-electron chi connectivity index (χ2n) is 5.41. The van der Waals surface area contributed by atoms with Crippen LogP contribution < -0.4 is 15.5 Å². The monoisotopic (exact) mass is 330 g/mol. The van der Waals surface area contributed by atoms with E-state index >= 15 is 0 Å². The van der Waals surface area contributed by atoms with Gasteiger partial charge in [-0.05, 0) is 23.8 Å². The number of carbonyl (C=O) groups excluding carboxylic acids is 1. The van der Waals surface area contributed by atoms with Crippen LogP contribution in [0, 0.1) is 5.82 Å². The van der Waals surface area contributed by atoms with E-state index in [2.05, 4.69) is 20.5 Å². The highest BCUT2D eigenvalue weighted by Crippen LogP contribution is 2.14. The highest BCUT2D eigenvalue weighted by molar-refractivity contribution is 5.89. The predicted octanol–water partition coefficient (Wildman–Crippen LogP) is 2.38. The fourth-order valence-corrected chi connectivity index (χ4v) is 2.41. The number of pyridine rings is 1. The summed E-state index contributed by atoms with van der Waals surface area (Å²) in [6, 6.07) is 9.42. The van der Waals surface area contributed by atoms with Gasteiger partial charge in [0.25, 0.3) is 0 Å². The van der Waals surface area contributed by atoms with Gasteiger partial charge in [0.2, 0.25) is 0 Å². The van der Waals surface area contributed by atoms with Gasteiger partial charge >= 0.3 is 6.03 Å². The van der Waals surface area contributed by atoms with Crippen LogP contribution in [0.15, 0.2) is 42.6 Å². The highest BCUT2D eigenvalue weighted by atomic mass is 19.1. The molecule has 0 saturated carbocycles. The number of rotatable bonds is 4. The molecule has 3 rings (SSSR count). The Kier molecular flexibility index (Phi) is 5.22. The van der Waals surface area contributed by atoms with Crippen molar-refractivity contribution in [1.82, 2.24) is 10.3 Å². The summed E-state index contributed by atoms with van der Waals surface area (Å²) >= 11 is 0. The van der Waals surface area contributed by atoms with Crippen molar-refractivity contribution >= 4 is 17.5 Å². The Bertz CT molecular complexity index is 687. The zero-order valence-corrected chi connectivity index (χ0v) is 13.2. The number of hydrogen-bond acceptors (Lipinski definition) is 4. The first-order chi connectivity index (χ1) is 11.7. The number of aromatic nitrogens is 1. The summed E-state index contributed by atoms with van der Waals surface area (Å²) in [7, 11) is 0. The molecule has 126 valence electrons. The van der Waals surface area contributed by atoms with Crippen molar-refractivity contribution in [3.05, 3.63) is 54.0 Å². The van der Waals surface area contributed by atoms with E-state index in [1.165, 1.54) is 12.1 Å². The minimum Gasteiger partial charge on any atom is -0.378 e. The third-order valence-electron chi connectivity index (χ3n) is 3.72. The number of anilines is 2. The molecule has 0 radical (unpaired) electrons. The molecule has 1 aromatic carbocycles. The lowest BCUT2D eigenvalue weighted by atomic mass is 10.2. The van der Waals surface area contributed by atoms with Gasteiger partial charge in [-0.3, -0.25) is 0 Å². The van der Waals surface area contributed by atoms with E-state index in [4.69, 9.17) is 4.74 Å². The highest BCUT2D eigenvalue weighted by Gasteiger charge is 2.12. The normalized spacial score (nSPS) is 14.3. The van der Waals surface area contributed by atoms with Crippen molar-refractivity contribution in [3.63, 3.8) is 0 Å². The maximum atomic E-state index is 13.5. The molecule has 1 saturated heterocycles. The topological polar surface area (TPSA) is 66.5 Å². The molecule has 1 fully saturated rings. The molecule has 2 heterocycles. The van der Waals surface area contributed by atoms with Gasteiger partial charge in [0.05, 0.1) is 18.9 Å². The van der Waals surface area contributed by atoms with Gasteiger partial charge in [-0.15, -0.1) is 0 Å². The maximum Gasteiger partial charge on any atom is 0.319 e. The van der Waals surface area contributed by atoms with Crippen LogP contribution in [0.1, 0.15) is 5.56 Å². The second kappa shape index (κ2) is 7.74. The molecule has 2 amide bonds. The van der Waals surface area contributed by atoms with Crippen LogP contribution in [0.25, 0.3) is 0 Å². The molecule has 0 spiro atoms. The number of nitrogens with one attached hydrogen (secondary N) is 2. The van der Waals surface area contributed by atoms with E-state index < -0.39 is 11.8 Å². The summed E-state index contributed by atoms with van der Waals surface area (Å²) in [5, 5.41) is 5.16. The number of urea groups is 1. The average molecular weight is 330 g/mol. The third kappa shape index (κ3) is 4.20. The van der Waals surface area contributed by atoms with Crippen molar-refractivity contribution in [2.75, 3.05) is 36.5 Å². The number of hydrogen-bond donors (Lipinski definition) is 2. The van der Waals surface area contributed by atoms with Crippen LogP contribution in [-0.2, 0) is 11.3 Å². The molecule has 1 aliphatic heterocycles. The summed E-state index contributed by atoms with van der Waals surface area (Å²) in [5.41, 5.74) is 1.02. The van der Waals surface area contributed by atoms with Crippen LogP contribution in [0.4, 0.5) is 20.7 Å². The van der Waals surface area contributed by atoms with E-state index in [1.54, 1.807) is 18.3 Å². The minimum atomic E-state index is -0.468. The Morgan fingerprint density at radius 1 is 1.21 bits per heavy atom. The predicted molar refractivity (Wildman–Crippen MR) is 89.5 cm³/mol. The van der Waals surface area contributed by atoms with Crippen LogP contribution in [-0.4, -0.2) is 37.3 Å². The first-order valence-electron chi connectivity index (χ1n) is 7.79. The number of amides is 2. The maximum absolute atomic E-state index is 13.5. The number of ether oxygens (including phenoxy) is 1. The quantitative estimate of drug-likeness (QED) is 0.903. The zero-order chi connectivity index (χ0) is 16.8. The summed E-state index contributed by atoms with van der Waals surface area (Å²) in [6.07, 6.45) is 1.73. The van der Waals surface area contributed by atoms with Crippen molar-refractivity contribution in [2.24, 2.45) is 0 Å². The lowest BCUT2D eigenvalue weighted by molar-refractivity contribution is 0.122. The first-order valence-corrected chi connectivity index (χ1v) is 7.79. The van der Waals surface area contributed by atoms with Gasteiger partial charge in [0.1, 0.15) is 11.6 Å². The SMILES string of the molecule is O=C(NCc1ccc(N2CCOCC2)nc1)Nc1ccccc1F. The Labute approximate surface area is 139 Å². The lowest BCUT2D eigenvalue weighted by Crippen LogP contribution is -2.36. The molecule has 2 aromatic rings. The van der Waals surface area contributed by atoms with Gasteiger partial charge in [-0.1, -0.05) is 18.2 Å². The summed E-state index contributed by atoms with van der Waals surface area (Å²) in [5.74, 6) is 0.432. The molecular weight excluding hydrogens is 311 g/mol. The molecule has 0 atom stereocenters. The van der Waals surface area contributed by atoms with Gasteiger partial charge in [-0.25, -0.2) is 14.2 Å². The number of benzene rings is 1. The number of morpholine rings is 1. The van der Waals surface area contributed by atoms with Gasteiger partial charge in [-0.2, -0.15) is 0 Å². The average Bonchev–Trinajstić information content (AvgIpc) is 2.63. The molecular formula is C17H19FN4O2. The van der Waals surface area contributed by atoms with E-state index in [0.29, 0.717) is 19.8 Å². The van der Waals surface area contributed by atoms with E-state index in [9.17, 15) is 9.18 Å².